The number of fused-ring (bicyclic) bond motifs is 1. The maximum atomic E-state index is 12.8. The lowest BCUT2D eigenvalue weighted by molar-refractivity contribution is 0.415. The second-order valence-electron chi connectivity index (χ2n) is 4.96. The third kappa shape index (κ3) is 3.06. The van der Waals surface area contributed by atoms with Gasteiger partial charge in [0.2, 0.25) is 0 Å². The maximum Gasteiger partial charge on any atom is 0.123 e. The monoisotopic (exact) mass is 284 g/mol. The smallest absolute Gasteiger partial charge is 0.123 e. The normalized spacial score (nSPS) is 11.0. The third-order valence-electron chi connectivity index (χ3n) is 3.53. The molecule has 1 aromatic heterocycles. The fourth-order valence-corrected chi connectivity index (χ4v) is 2.37. The summed E-state index contributed by atoms with van der Waals surface area (Å²) in [5, 5.41) is 4.52. The van der Waals surface area contributed by atoms with E-state index in [9.17, 15) is 4.39 Å². The Hall–Kier alpha value is -2.33. The fourth-order valence-electron chi connectivity index (χ4n) is 2.37. The van der Waals surface area contributed by atoms with Gasteiger partial charge >= 0.3 is 0 Å². The van der Waals surface area contributed by atoms with Crippen LogP contribution in [-0.2, 0) is 13.1 Å². The molecule has 4 heteroatoms. The number of halogens is 1. The highest BCUT2D eigenvalue weighted by Crippen LogP contribution is 2.23. The van der Waals surface area contributed by atoms with Gasteiger partial charge in [-0.2, -0.15) is 0 Å². The Morgan fingerprint density at radius 3 is 2.67 bits per heavy atom. The summed E-state index contributed by atoms with van der Waals surface area (Å²) in [6.07, 6.45) is 2.00. The number of rotatable bonds is 5. The molecule has 0 amide bonds. The van der Waals surface area contributed by atoms with Crippen LogP contribution in [0.25, 0.3) is 10.9 Å². The Balaban J connectivity index is 1.69. The molecule has 2 N–H and O–H groups in total. The van der Waals surface area contributed by atoms with Gasteiger partial charge in [0.1, 0.15) is 11.6 Å². The molecule has 0 saturated heterocycles. The number of nitrogens with one attached hydrogen (secondary N) is 2. The second-order valence-corrected chi connectivity index (χ2v) is 4.96. The summed E-state index contributed by atoms with van der Waals surface area (Å²) in [7, 11) is 1.67. The molecule has 0 radical (unpaired) electrons. The number of hydrogen-bond donors (Lipinski definition) is 2. The van der Waals surface area contributed by atoms with Crippen molar-refractivity contribution < 1.29 is 9.13 Å². The van der Waals surface area contributed by atoms with Gasteiger partial charge in [-0.25, -0.2) is 4.39 Å². The molecule has 0 aliphatic rings. The number of aromatic nitrogens is 1. The lowest BCUT2D eigenvalue weighted by Crippen LogP contribution is -2.12. The first-order chi connectivity index (χ1) is 10.3. The molecule has 0 saturated carbocycles. The largest absolute Gasteiger partial charge is 0.497 e. The number of H-pyrrole nitrogens is 1. The molecule has 0 unspecified atom stereocenters. The van der Waals surface area contributed by atoms with Gasteiger partial charge in [0.15, 0.2) is 0 Å². The SMILES string of the molecule is COc1ccc2[nH]cc(CNCc3ccc(F)cc3)c2c1. The molecule has 3 aromatic rings. The summed E-state index contributed by atoms with van der Waals surface area (Å²) in [5.41, 5.74) is 3.34. The fraction of sp³-hybridized carbons (Fsp3) is 0.176. The van der Waals surface area contributed by atoms with Crippen LogP contribution in [0.1, 0.15) is 11.1 Å². The van der Waals surface area contributed by atoms with Gasteiger partial charge in [0.25, 0.3) is 0 Å². The van der Waals surface area contributed by atoms with Crippen LogP contribution >= 0.6 is 0 Å². The summed E-state index contributed by atoms with van der Waals surface area (Å²) >= 11 is 0. The van der Waals surface area contributed by atoms with Crippen molar-refractivity contribution in [1.82, 2.24) is 10.3 Å². The Kier molecular flexibility index (Phi) is 3.88. The molecule has 3 rings (SSSR count). The van der Waals surface area contributed by atoms with Crippen molar-refractivity contribution in [3.63, 3.8) is 0 Å². The Bertz CT molecular complexity index is 734. The van der Waals surface area contributed by atoms with Gasteiger partial charge in [0.05, 0.1) is 7.11 Å². The molecule has 21 heavy (non-hydrogen) atoms. The molecular formula is C17H17FN2O. The molecule has 0 aliphatic carbocycles. The van der Waals surface area contributed by atoms with Crippen LogP contribution in [0.2, 0.25) is 0 Å². The molecule has 0 aliphatic heterocycles. The van der Waals surface area contributed by atoms with Gasteiger partial charge in [-0.1, -0.05) is 12.1 Å². The van der Waals surface area contributed by atoms with Crippen LogP contribution < -0.4 is 10.1 Å². The van der Waals surface area contributed by atoms with Crippen molar-refractivity contribution in [2.45, 2.75) is 13.1 Å². The Morgan fingerprint density at radius 1 is 1.10 bits per heavy atom. The molecule has 0 bridgehead atoms. The highest BCUT2D eigenvalue weighted by molar-refractivity contribution is 5.84. The van der Waals surface area contributed by atoms with Crippen LogP contribution in [0.4, 0.5) is 4.39 Å². The van der Waals surface area contributed by atoms with E-state index in [1.807, 2.05) is 24.4 Å². The van der Waals surface area contributed by atoms with Crippen molar-refractivity contribution in [2.24, 2.45) is 0 Å². The zero-order chi connectivity index (χ0) is 14.7. The molecule has 108 valence electrons. The summed E-state index contributed by atoms with van der Waals surface area (Å²) in [5.74, 6) is 0.643. The van der Waals surface area contributed by atoms with E-state index in [2.05, 4.69) is 10.3 Å². The molecule has 0 atom stereocenters. The van der Waals surface area contributed by atoms with Crippen LogP contribution in [-0.4, -0.2) is 12.1 Å². The first-order valence-electron chi connectivity index (χ1n) is 6.85. The van der Waals surface area contributed by atoms with Crippen LogP contribution in [0.15, 0.2) is 48.7 Å². The van der Waals surface area contributed by atoms with E-state index in [4.69, 9.17) is 4.74 Å². The summed E-state index contributed by atoms with van der Waals surface area (Å²) in [4.78, 5) is 3.25. The van der Waals surface area contributed by atoms with Crippen molar-refractivity contribution >= 4 is 10.9 Å². The lowest BCUT2D eigenvalue weighted by atomic mass is 10.1. The van der Waals surface area contributed by atoms with Crippen molar-refractivity contribution in [2.75, 3.05) is 7.11 Å². The number of aromatic amines is 1. The van der Waals surface area contributed by atoms with Crippen molar-refractivity contribution in [3.8, 4) is 5.75 Å². The van der Waals surface area contributed by atoms with E-state index in [-0.39, 0.29) is 5.82 Å². The first kappa shape index (κ1) is 13.6. The zero-order valence-corrected chi connectivity index (χ0v) is 11.8. The number of benzene rings is 2. The summed E-state index contributed by atoms with van der Waals surface area (Å²) < 4.78 is 18.1. The molecule has 1 heterocycles. The highest BCUT2D eigenvalue weighted by Gasteiger charge is 2.05. The van der Waals surface area contributed by atoms with Crippen LogP contribution in [0.3, 0.4) is 0 Å². The average molecular weight is 284 g/mol. The summed E-state index contributed by atoms with van der Waals surface area (Å²) in [6, 6.07) is 12.5. The quantitative estimate of drug-likeness (QED) is 0.751. The predicted octanol–water partition coefficient (Wildman–Crippen LogP) is 3.61. The van der Waals surface area contributed by atoms with E-state index in [1.54, 1.807) is 19.2 Å². The van der Waals surface area contributed by atoms with Gasteiger partial charge in [-0.3, -0.25) is 0 Å². The minimum atomic E-state index is -0.206. The van der Waals surface area contributed by atoms with Gasteiger partial charge < -0.3 is 15.0 Å². The highest BCUT2D eigenvalue weighted by atomic mass is 19.1. The van der Waals surface area contributed by atoms with E-state index < -0.39 is 0 Å². The minimum Gasteiger partial charge on any atom is -0.497 e. The van der Waals surface area contributed by atoms with Gasteiger partial charge in [-0.15, -0.1) is 0 Å². The van der Waals surface area contributed by atoms with E-state index in [0.717, 1.165) is 28.8 Å². The number of ether oxygens (including phenoxy) is 1. The van der Waals surface area contributed by atoms with Gasteiger partial charge in [0, 0.05) is 30.2 Å². The topological polar surface area (TPSA) is 37.0 Å². The summed E-state index contributed by atoms with van der Waals surface area (Å²) in [6.45, 7) is 1.45. The maximum absolute atomic E-state index is 12.8. The zero-order valence-electron chi connectivity index (χ0n) is 11.8. The molecule has 2 aromatic carbocycles. The molecule has 3 nitrogen and oxygen atoms in total. The van der Waals surface area contributed by atoms with Crippen LogP contribution in [0.5, 0.6) is 5.75 Å². The second kappa shape index (κ2) is 5.97. The molecule has 0 fully saturated rings. The number of methoxy groups -OCH3 is 1. The van der Waals surface area contributed by atoms with E-state index >= 15 is 0 Å². The molecule has 0 spiro atoms. The van der Waals surface area contributed by atoms with E-state index in [1.165, 1.54) is 17.7 Å². The van der Waals surface area contributed by atoms with Crippen molar-refractivity contribution in [1.29, 1.82) is 0 Å². The molecular weight excluding hydrogens is 267 g/mol. The Morgan fingerprint density at radius 2 is 1.90 bits per heavy atom. The van der Waals surface area contributed by atoms with Crippen LogP contribution in [0, 0.1) is 5.82 Å². The average Bonchev–Trinajstić information content (AvgIpc) is 2.91. The standard InChI is InChI=1S/C17H17FN2O/c1-21-15-6-7-17-16(8-15)13(11-20-17)10-19-9-12-2-4-14(18)5-3-12/h2-8,11,19-20H,9-10H2,1H3. The Labute approximate surface area is 122 Å². The number of hydrogen-bond acceptors (Lipinski definition) is 2. The van der Waals surface area contributed by atoms with Gasteiger partial charge in [-0.05, 0) is 41.5 Å². The van der Waals surface area contributed by atoms with Crippen molar-refractivity contribution in [3.05, 3.63) is 65.6 Å². The predicted molar refractivity (Wildman–Crippen MR) is 81.8 cm³/mol. The lowest BCUT2D eigenvalue weighted by Gasteiger charge is -2.05. The third-order valence-corrected chi connectivity index (χ3v) is 3.53. The van der Waals surface area contributed by atoms with E-state index in [0.29, 0.717) is 6.54 Å². The minimum absolute atomic E-state index is 0.206. The first-order valence-corrected chi connectivity index (χ1v) is 6.85.